The molecule has 4 rings (SSSR count). The Morgan fingerprint density at radius 1 is 1.00 bits per heavy atom. The number of amides is 1. The van der Waals surface area contributed by atoms with Crippen molar-refractivity contribution in [3.63, 3.8) is 0 Å². The van der Waals surface area contributed by atoms with Gasteiger partial charge in [-0.1, -0.05) is 48.5 Å². The molecule has 142 valence electrons. The van der Waals surface area contributed by atoms with E-state index in [1.807, 2.05) is 30.3 Å². The van der Waals surface area contributed by atoms with Gasteiger partial charge < -0.3 is 9.30 Å². The first kappa shape index (κ1) is 18.1. The van der Waals surface area contributed by atoms with E-state index in [1.54, 1.807) is 7.11 Å². The fraction of sp³-hybridized carbons (Fsp3) is 0.174. The summed E-state index contributed by atoms with van der Waals surface area (Å²) in [5.41, 5.74) is 6.51. The molecule has 0 bridgehead atoms. The number of hydrogen-bond acceptors (Lipinski definition) is 3. The van der Waals surface area contributed by atoms with Crippen molar-refractivity contribution in [2.45, 2.75) is 19.9 Å². The Hall–Kier alpha value is -3.31. The third-order valence-electron chi connectivity index (χ3n) is 5.39. The third-order valence-corrected chi connectivity index (χ3v) is 5.39. The minimum atomic E-state index is -0.200. The topological polar surface area (TPSA) is 69.3 Å². The Bertz CT molecular complexity index is 1180. The highest BCUT2D eigenvalue weighted by atomic mass is 16.5. The molecule has 1 aromatic heterocycles. The summed E-state index contributed by atoms with van der Waals surface area (Å²) in [7, 11) is 1.70. The van der Waals surface area contributed by atoms with Crippen LogP contribution in [-0.2, 0) is 17.8 Å². The Balaban J connectivity index is 1.91. The smallest absolute Gasteiger partial charge is 0.238 e. The van der Waals surface area contributed by atoms with Crippen molar-refractivity contribution in [2.24, 2.45) is 5.84 Å². The molecule has 0 atom stereocenters. The molecule has 0 spiro atoms. The number of carbonyl (C=O) groups excluding carboxylic acids is 1. The molecule has 0 aliphatic heterocycles. The SMILES string of the molecule is COc1ccc2ccccc2c1Cn1c(C)c(CC(=O)NN)c2ccccc21. The van der Waals surface area contributed by atoms with Crippen LogP contribution in [0.25, 0.3) is 21.7 Å². The quantitative estimate of drug-likeness (QED) is 0.318. The van der Waals surface area contributed by atoms with Crippen molar-refractivity contribution < 1.29 is 9.53 Å². The van der Waals surface area contributed by atoms with E-state index in [4.69, 9.17) is 10.6 Å². The molecule has 1 amide bonds. The second kappa shape index (κ2) is 7.37. The molecular formula is C23H23N3O2. The highest BCUT2D eigenvalue weighted by Crippen LogP contribution is 2.32. The van der Waals surface area contributed by atoms with Gasteiger partial charge in [0, 0.05) is 22.2 Å². The summed E-state index contributed by atoms with van der Waals surface area (Å²) in [6.07, 6.45) is 0.252. The van der Waals surface area contributed by atoms with E-state index in [9.17, 15) is 4.79 Å². The van der Waals surface area contributed by atoms with Gasteiger partial charge in [0.05, 0.1) is 20.1 Å². The van der Waals surface area contributed by atoms with Gasteiger partial charge in [-0.05, 0) is 35.4 Å². The maximum absolute atomic E-state index is 12.0. The summed E-state index contributed by atoms with van der Waals surface area (Å²) in [5, 5.41) is 3.42. The number of carbonyl (C=O) groups is 1. The van der Waals surface area contributed by atoms with E-state index in [-0.39, 0.29) is 12.3 Å². The molecule has 0 saturated heterocycles. The normalized spacial score (nSPS) is 11.1. The zero-order chi connectivity index (χ0) is 19.7. The number of hydrazine groups is 1. The number of benzene rings is 3. The number of methoxy groups -OCH3 is 1. The second-order valence-electron chi connectivity index (χ2n) is 6.88. The molecular weight excluding hydrogens is 350 g/mol. The monoisotopic (exact) mass is 373 g/mol. The van der Waals surface area contributed by atoms with Crippen LogP contribution in [0.5, 0.6) is 5.75 Å². The first-order valence-corrected chi connectivity index (χ1v) is 9.24. The molecule has 0 unspecified atom stereocenters. The summed E-state index contributed by atoms with van der Waals surface area (Å²) < 4.78 is 7.92. The highest BCUT2D eigenvalue weighted by molar-refractivity contribution is 5.91. The molecule has 5 nitrogen and oxygen atoms in total. The molecule has 28 heavy (non-hydrogen) atoms. The van der Waals surface area contributed by atoms with Crippen LogP contribution in [-0.4, -0.2) is 17.6 Å². The van der Waals surface area contributed by atoms with Gasteiger partial charge in [-0.15, -0.1) is 0 Å². The lowest BCUT2D eigenvalue weighted by molar-refractivity contribution is -0.120. The van der Waals surface area contributed by atoms with Crippen LogP contribution in [0.3, 0.4) is 0 Å². The molecule has 4 aromatic rings. The Morgan fingerprint density at radius 2 is 1.71 bits per heavy atom. The lowest BCUT2D eigenvalue weighted by Crippen LogP contribution is -2.31. The number of nitrogens with zero attached hydrogens (tertiary/aromatic N) is 1. The van der Waals surface area contributed by atoms with Gasteiger partial charge in [-0.3, -0.25) is 10.2 Å². The maximum atomic E-state index is 12.0. The number of fused-ring (bicyclic) bond motifs is 2. The van der Waals surface area contributed by atoms with Crippen LogP contribution in [0.1, 0.15) is 16.8 Å². The molecule has 3 N–H and O–H groups in total. The van der Waals surface area contributed by atoms with E-state index < -0.39 is 0 Å². The van der Waals surface area contributed by atoms with Gasteiger partial charge in [-0.2, -0.15) is 0 Å². The summed E-state index contributed by atoms with van der Waals surface area (Å²) in [4.78, 5) is 12.0. The first-order chi connectivity index (χ1) is 13.6. The van der Waals surface area contributed by atoms with Gasteiger partial charge in [0.25, 0.3) is 0 Å². The predicted molar refractivity (Wildman–Crippen MR) is 112 cm³/mol. The number of rotatable bonds is 5. The minimum absolute atomic E-state index is 0.200. The van der Waals surface area contributed by atoms with Crippen LogP contribution in [0.4, 0.5) is 0 Å². The fourth-order valence-electron chi connectivity index (χ4n) is 3.97. The lowest BCUT2D eigenvalue weighted by Gasteiger charge is -2.15. The van der Waals surface area contributed by atoms with E-state index in [2.05, 4.69) is 47.2 Å². The molecule has 0 aliphatic rings. The summed E-state index contributed by atoms with van der Waals surface area (Å²) in [6, 6.07) is 20.6. The number of nitrogens with two attached hydrogens (primary N) is 1. The molecule has 0 saturated carbocycles. The van der Waals surface area contributed by atoms with Gasteiger partial charge in [-0.25, -0.2) is 5.84 Å². The number of hydrogen-bond donors (Lipinski definition) is 2. The zero-order valence-corrected chi connectivity index (χ0v) is 16.0. The minimum Gasteiger partial charge on any atom is -0.496 e. The van der Waals surface area contributed by atoms with Gasteiger partial charge in [0.15, 0.2) is 0 Å². The van der Waals surface area contributed by atoms with Crippen molar-refractivity contribution >= 4 is 27.6 Å². The average molecular weight is 373 g/mol. The molecule has 3 aromatic carbocycles. The second-order valence-corrected chi connectivity index (χ2v) is 6.88. The van der Waals surface area contributed by atoms with E-state index >= 15 is 0 Å². The highest BCUT2D eigenvalue weighted by Gasteiger charge is 2.18. The molecule has 5 heteroatoms. The van der Waals surface area contributed by atoms with Gasteiger partial charge >= 0.3 is 0 Å². The summed E-state index contributed by atoms with van der Waals surface area (Å²) in [5.74, 6) is 5.98. The van der Waals surface area contributed by atoms with Crippen LogP contribution in [0.2, 0.25) is 0 Å². The van der Waals surface area contributed by atoms with Crippen LogP contribution in [0.15, 0.2) is 60.7 Å². The average Bonchev–Trinajstić information content (AvgIpc) is 2.99. The molecule has 0 radical (unpaired) electrons. The van der Waals surface area contributed by atoms with Crippen LogP contribution < -0.4 is 16.0 Å². The molecule has 0 aliphatic carbocycles. The first-order valence-electron chi connectivity index (χ1n) is 9.24. The van der Waals surface area contributed by atoms with Crippen molar-refractivity contribution in [1.29, 1.82) is 0 Å². The van der Waals surface area contributed by atoms with Crippen LogP contribution >= 0.6 is 0 Å². The number of ether oxygens (including phenoxy) is 1. The lowest BCUT2D eigenvalue weighted by atomic mass is 10.0. The third kappa shape index (κ3) is 3.00. The summed E-state index contributed by atoms with van der Waals surface area (Å²) in [6.45, 7) is 2.71. The number of nitrogens with one attached hydrogen (secondary N) is 1. The van der Waals surface area contributed by atoms with E-state index in [1.165, 1.54) is 10.8 Å². The van der Waals surface area contributed by atoms with Crippen molar-refractivity contribution in [1.82, 2.24) is 9.99 Å². The van der Waals surface area contributed by atoms with Crippen LogP contribution in [0, 0.1) is 6.92 Å². The largest absolute Gasteiger partial charge is 0.496 e. The summed E-state index contributed by atoms with van der Waals surface area (Å²) >= 11 is 0. The van der Waals surface area contributed by atoms with Crippen molar-refractivity contribution in [3.8, 4) is 5.75 Å². The Labute approximate surface area is 163 Å². The standard InChI is InChI=1S/C23H23N3O2/c1-15-19(13-23(27)25-24)18-9-5-6-10-21(18)26(15)14-20-17-8-4-3-7-16(17)11-12-22(20)28-2/h3-12H,13-14,24H2,1-2H3,(H,25,27). The van der Waals surface area contributed by atoms with Gasteiger partial charge in [0.2, 0.25) is 5.91 Å². The van der Waals surface area contributed by atoms with E-state index in [0.29, 0.717) is 6.54 Å². The fourth-order valence-corrected chi connectivity index (χ4v) is 3.97. The Kier molecular flexibility index (Phi) is 4.75. The predicted octanol–water partition coefficient (Wildman–Crippen LogP) is 3.69. The van der Waals surface area contributed by atoms with Gasteiger partial charge in [0.1, 0.15) is 5.75 Å². The molecule has 0 fully saturated rings. The van der Waals surface area contributed by atoms with Crippen molar-refractivity contribution in [2.75, 3.05) is 7.11 Å². The number of aromatic nitrogens is 1. The Morgan fingerprint density at radius 3 is 2.46 bits per heavy atom. The maximum Gasteiger partial charge on any atom is 0.238 e. The van der Waals surface area contributed by atoms with E-state index in [0.717, 1.165) is 33.5 Å². The van der Waals surface area contributed by atoms with Crippen molar-refractivity contribution in [3.05, 3.63) is 77.5 Å². The molecule has 1 heterocycles. The zero-order valence-electron chi connectivity index (χ0n) is 16.0. The number of para-hydroxylation sites is 1.